The highest BCUT2D eigenvalue weighted by atomic mass is 16.2. The van der Waals surface area contributed by atoms with Gasteiger partial charge < -0.3 is 15.5 Å². The van der Waals surface area contributed by atoms with E-state index in [-0.39, 0.29) is 0 Å². The molecule has 1 aliphatic carbocycles. The molecule has 1 atom stereocenters. The molecule has 2 rings (SSSR count). The number of carbonyl (C=O) groups is 1. The Balaban J connectivity index is 1.71. The Bertz CT molecular complexity index is 311. The summed E-state index contributed by atoms with van der Waals surface area (Å²) in [5.41, 5.74) is 5.93. The van der Waals surface area contributed by atoms with E-state index in [1.807, 2.05) is 0 Å². The van der Waals surface area contributed by atoms with E-state index in [1.165, 1.54) is 19.3 Å². The van der Waals surface area contributed by atoms with Crippen molar-refractivity contribution in [3.63, 3.8) is 0 Å². The predicted molar refractivity (Wildman–Crippen MR) is 82.5 cm³/mol. The minimum Gasteiger partial charge on any atom is -0.341 e. The minimum atomic E-state index is 0.367. The third kappa shape index (κ3) is 4.45. The molecule has 2 N–H and O–H groups in total. The van der Waals surface area contributed by atoms with E-state index in [2.05, 4.69) is 23.9 Å². The first-order valence-corrected chi connectivity index (χ1v) is 8.26. The maximum atomic E-state index is 12.4. The van der Waals surface area contributed by atoms with Crippen LogP contribution < -0.4 is 5.73 Å². The van der Waals surface area contributed by atoms with Crippen LogP contribution in [0, 0.1) is 5.92 Å². The van der Waals surface area contributed by atoms with Gasteiger partial charge in [-0.05, 0) is 65.0 Å². The molecule has 4 heteroatoms. The van der Waals surface area contributed by atoms with Crippen molar-refractivity contribution in [3.8, 4) is 0 Å². The third-order valence-corrected chi connectivity index (χ3v) is 5.14. The minimum absolute atomic E-state index is 0.367. The first kappa shape index (κ1) is 15.8. The van der Waals surface area contributed by atoms with Crippen LogP contribution >= 0.6 is 0 Å². The largest absolute Gasteiger partial charge is 0.341 e. The number of likely N-dealkylation sites (tertiary alicyclic amines) is 1. The molecular weight excluding hydrogens is 250 g/mol. The lowest BCUT2D eigenvalue weighted by Gasteiger charge is -2.36. The average molecular weight is 281 g/mol. The molecule has 1 heterocycles. The van der Waals surface area contributed by atoms with Crippen molar-refractivity contribution in [1.82, 2.24) is 9.80 Å². The first-order chi connectivity index (χ1) is 9.56. The molecule has 116 valence electrons. The zero-order chi connectivity index (χ0) is 14.5. The van der Waals surface area contributed by atoms with E-state index in [0.29, 0.717) is 18.0 Å². The van der Waals surface area contributed by atoms with Gasteiger partial charge in [-0.15, -0.1) is 0 Å². The molecule has 1 unspecified atom stereocenters. The Morgan fingerprint density at radius 2 is 1.90 bits per heavy atom. The van der Waals surface area contributed by atoms with Crippen LogP contribution in [0.3, 0.4) is 0 Å². The highest BCUT2D eigenvalue weighted by molar-refractivity contribution is 5.76. The number of amides is 1. The summed E-state index contributed by atoms with van der Waals surface area (Å²) in [6.07, 6.45) is 8.89. The number of carbonyl (C=O) groups excluding carboxylic acids is 1. The van der Waals surface area contributed by atoms with E-state index in [1.54, 1.807) is 0 Å². The fourth-order valence-corrected chi connectivity index (χ4v) is 3.57. The van der Waals surface area contributed by atoms with Gasteiger partial charge in [-0.1, -0.05) is 0 Å². The number of hydrogen-bond acceptors (Lipinski definition) is 3. The second-order valence-electron chi connectivity index (χ2n) is 6.92. The van der Waals surface area contributed by atoms with Gasteiger partial charge in [0.05, 0.1) is 0 Å². The molecule has 1 saturated heterocycles. The molecule has 0 aromatic rings. The van der Waals surface area contributed by atoms with Crippen molar-refractivity contribution < 1.29 is 4.79 Å². The third-order valence-electron chi connectivity index (χ3n) is 5.14. The molecule has 2 fully saturated rings. The maximum Gasteiger partial charge on any atom is 0.222 e. The molecular formula is C16H31N3O. The van der Waals surface area contributed by atoms with Gasteiger partial charge in [0.25, 0.3) is 0 Å². The van der Waals surface area contributed by atoms with Gasteiger partial charge in [0.1, 0.15) is 0 Å². The van der Waals surface area contributed by atoms with E-state index in [0.717, 1.165) is 51.1 Å². The Labute approximate surface area is 123 Å². The second kappa shape index (κ2) is 7.41. The van der Waals surface area contributed by atoms with Crippen molar-refractivity contribution in [1.29, 1.82) is 0 Å². The van der Waals surface area contributed by atoms with Crippen molar-refractivity contribution in [2.75, 3.05) is 27.2 Å². The second-order valence-corrected chi connectivity index (χ2v) is 6.92. The van der Waals surface area contributed by atoms with E-state index >= 15 is 0 Å². The number of nitrogens with zero attached hydrogens (tertiary/aromatic N) is 2. The van der Waals surface area contributed by atoms with Crippen molar-refractivity contribution in [3.05, 3.63) is 0 Å². The molecule has 0 spiro atoms. The van der Waals surface area contributed by atoms with Crippen LogP contribution in [0.2, 0.25) is 0 Å². The number of hydrogen-bond donors (Lipinski definition) is 1. The first-order valence-electron chi connectivity index (χ1n) is 8.26. The number of rotatable bonds is 4. The van der Waals surface area contributed by atoms with Crippen LogP contribution in [0.5, 0.6) is 0 Å². The lowest BCUT2D eigenvalue weighted by molar-refractivity contribution is -0.133. The Morgan fingerprint density at radius 3 is 2.55 bits per heavy atom. The van der Waals surface area contributed by atoms with E-state index in [4.69, 9.17) is 5.73 Å². The van der Waals surface area contributed by atoms with E-state index < -0.39 is 0 Å². The molecule has 0 bridgehead atoms. The number of piperidine rings is 1. The molecule has 2 aliphatic rings. The van der Waals surface area contributed by atoms with E-state index in [9.17, 15) is 4.79 Å². The molecule has 1 amide bonds. The van der Waals surface area contributed by atoms with Crippen molar-refractivity contribution in [2.45, 2.75) is 63.5 Å². The van der Waals surface area contributed by atoms with Crippen molar-refractivity contribution in [2.24, 2.45) is 11.7 Å². The van der Waals surface area contributed by atoms with Crippen LogP contribution in [0.15, 0.2) is 0 Å². The van der Waals surface area contributed by atoms with Gasteiger partial charge in [0.2, 0.25) is 5.91 Å². The predicted octanol–water partition coefficient (Wildman–Crippen LogP) is 1.84. The van der Waals surface area contributed by atoms with Crippen LogP contribution in [0.4, 0.5) is 0 Å². The quantitative estimate of drug-likeness (QED) is 0.855. The summed E-state index contributed by atoms with van der Waals surface area (Å²) in [4.78, 5) is 16.7. The Kier molecular flexibility index (Phi) is 5.85. The standard InChI is InChI=1S/C16H31N3O/c1-18(2)15-4-3-11-19(12-15)16(20)10-7-13-5-8-14(17)9-6-13/h13-15H,3-12,17H2,1-2H3. The lowest BCUT2D eigenvalue weighted by atomic mass is 9.83. The fraction of sp³-hybridized carbons (Fsp3) is 0.938. The molecule has 0 aromatic carbocycles. The van der Waals surface area contributed by atoms with Gasteiger partial charge in [0.15, 0.2) is 0 Å². The number of nitrogens with two attached hydrogens (primary N) is 1. The molecule has 4 nitrogen and oxygen atoms in total. The summed E-state index contributed by atoms with van der Waals surface area (Å²) in [5.74, 6) is 1.10. The maximum absolute atomic E-state index is 12.4. The summed E-state index contributed by atoms with van der Waals surface area (Å²) >= 11 is 0. The molecule has 1 aliphatic heterocycles. The monoisotopic (exact) mass is 281 g/mol. The highest BCUT2D eigenvalue weighted by Crippen LogP contribution is 2.27. The zero-order valence-electron chi connectivity index (χ0n) is 13.2. The summed E-state index contributed by atoms with van der Waals surface area (Å²) in [5, 5.41) is 0. The van der Waals surface area contributed by atoms with Gasteiger partial charge in [0, 0.05) is 31.6 Å². The van der Waals surface area contributed by atoms with Crippen LogP contribution in [0.25, 0.3) is 0 Å². The SMILES string of the molecule is CN(C)C1CCCN(C(=O)CCC2CCC(N)CC2)C1. The van der Waals surface area contributed by atoms with Gasteiger partial charge >= 0.3 is 0 Å². The Morgan fingerprint density at radius 1 is 1.20 bits per heavy atom. The van der Waals surface area contributed by atoms with Gasteiger partial charge in [-0.2, -0.15) is 0 Å². The summed E-state index contributed by atoms with van der Waals surface area (Å²) in [6, 6.07) is 0.949. The van der Waals surface area contributed by atoms with Gasteiger partial charge in [-0.3, -0.25) is 4.79 Å². The van der Waals surface area contributed by atoms with Crippen LogP contribution in [-0.2, 0) is 4.79 Å². The van der Waals surface area contributed by atoms with Gasteiger partial charge in [-0.25, -0.2) is 0 Å². The summed E-state index contributed by atoms with van der Waals surface area (Å²) in [6.45, 7) is 1.88. The van der Waals surface area contributed by atoms with Crippen molar-refractivity contribution >= 4 is 5.91 Å². The average Bonchev–Trinajstić information content (AvgIpc) is 2.46. The molecule has 1 saturated carbocycles. The molecule has 0 radical (unpaired) electrons. The normalized spacial score (nSPS) is 31.6. The van der Waals surface area contributed by atoms with Crippen LogP contribution in [-0.4, -0.2) is 55.0 Å². The lowest BCUT2D eigenvalue weighted by Crippen LogP contribution is -2.47. The summed E-state index contributed by atoms with van der Waals surface area (Å²) in [7, 11) is 4.23. The molecule has 0 aromatic heterocycles. The fourth-order valence-electron chi connectivity index (χ4n) is 3.57. The zero-order valence-corrected chi connectivity index (χ0v) is 13.2. The Hall–Kier alpha value is -0.610. The van der Waals surface area contributed by atoms with Crippen LogP contribution in [0.1, 0.15) is 51.4 Å². The topological polar surface area (TPSA) is 49.6 Å². The summed E-state index contributed by atoms with van der Waals surface area (Å²) < 4.78 is 0. The molecule has 20 heavy (non-hydrogen) atoms. The highest BCUT2D eigenvalue weighted by Gasteiger charge is 2.25. The number of likely N-dealkylation sites (N-methyl/N-ethyl adjacent to an activating group) is 1. The smallest absolute Gasteiger partial charge is 0.222 e.